The summed E-state index contributed by atoms with van der Waals surface area (Å²) < 4.78 is 3.09. The van der Waals surface area contributed by atoms with Gasteiger partial charge in [-0.2, -0.15) is 0 Å². The molecule has 86 valence electrons. The first kappa shape index (κ1) is 13.2. The van der Waals surface area contributed by atoms with Crippen LogP contribution in [0.2, 0.25) is 0 Å². The van der Waals surface area contributed by atoms with Crippen molar-refractivity contribution >= 4 is 70.5 Å². The zero-order chi connectivity index (χ0) is 11.7. The van der Waals surface area contributed by atoms with Crippen LogP contribution in [0.15, 0.2) is 30.2 Å². The Labute approximate surface area is 127 Å². The van der Waals surface area contributed by atoms with Gasteiger partial charge >= 0.3 is 0 Å². The van der Waals surface area contributed by atoms with Crippen LogP contribution in [-0.2, 0) is 6.42 Å². The first-order valence-corrected chi connectivity index (χ1v) is 8.50. The van der Waals surface area contributed by atoms with Crippen LogP contribution < -0.4 is 0 Å². The number of hydrogen-bond acceptors (Lipinski definition) is 3. The maximum atomic E-state index is 10.1. The SMILES string of the molecule is OC(Cc1sccc1Br)c1cc(Br)c(Br)s1. The lowest BCUT2D eigenvalue weighted by Gasteiger charge is -2.06. The van der Waals surface area contributed by atoms with Crippen molar-refractivity contribution in [3.63, 3.8) is 0 Å². The Hall–Kier alpha value is 0.800. The summed E-state index contributed by atoms with van der Waals surface area (Å²) in [5, 5.41) is 12.1. The molecule has 6 heteroatoms. The van der Waals surface area contributed by atoms with Crippen LogP contribution in [0.3, 0.4) is 0 Å². The second-order valence-electron chi connectivity index (χ2n) is 3.18. The molecule has 2 rings (SSSR count). The van der Waals surface area contributed by atoms with E-state index in [0.717, 1.165) is 17.6 Å². The van der Waals surface area contributed by atoms with Crippen molar-refractivity contribution < 1.29 is 5.11 Å². The van der Waals surface area contributed by atoms with Gasteiger partial charge in [-0.05, 0) is 65.3 Å². The highest BCUT2D eigenvalue weighted by atomic mass is 79.9. The number of aliphatic hydroxyl groups excluding tert-OH is 1. The largest absolute Gasteiger partial charge is 0.387 e. The molecule has 16 heavy (non-hydrogen) atoms. The van der Waals surface area contributed by atoms with E-state index in [2.05, 4.69) is 47.8 Å². The van der Waals surface area contributed by atoms with Crippen molar-refractivity contribution in [2.45, 2.75) is 12.5 Å². The summed E-state index contributed by atoms with van der Waals surface area (Å²) in [6.45, 7) is 0. The Bertz CT molecular complexity index is 472. The molecule has 0 amide bonds. The average Bonchev–Trinajstić information content (AvgIpc) is 2.76. The summed E-state index contributed by atoms with van der Waals surface area (Å²) in [4.78, 5) is 2.15. The highest BCUT2D eigenvalue weighted by Gasteiger charge is 2.15. The second-order valence-corrected chi connectivity index (χ2v) is 8.29. The molecule has 1 N–H and O–H groups in total. The van der Waals surface area contributed by atoms with Crippen LogP contribution in [-0.4, -0.2) is 5.11 Å². The molecular formula is C10H7Br3OS2. The van der Waals surface area contributed by atoms with Gasteiger partial charge in [0.1, 0.15) is 0 Å². The first-order valence-electron chi connectivity index (χ1n) is 4.42. The molecule has 0 saturated heterocycles. The van der Waals surface area contributed by atoms with E-state index in [4.69, 9.17) is 0 Å². The predicted molar refractivity (Wildman–Crippen MR) is 80.4 cm³/mol. The van der Waals surface area contributed by atoms with E-state index in [0.29, 0.717) is 6.42 Å². The van der Waals surface area contributed by atoms with Crippen molar-refractivity contribution in [3.05, 3.63) is 40.0 Å². The van der Waals surface area contributed by atoms with Crippen LogP contribution in [0.1, 0.15) is 15.9 Å². The molecule has 1 atom stereocenters. The molecule has 0 bridgehead atoms. The number of thiophene rings is 2. The van der Waals surface area contributed by atoms with E-state index >= 15 is 0 Å². The quantitative estimate of drug-likeness (QED) is 0.671. The molecule has 2 heterocycles. The molecule has 0 aliphatic heterocycles. The maximum absolute atomic E-state index is 10.1. The van der Waals surface area contributed by atoms with E-state index in [1.54, 1.807) is 22.7 Å². The van der Waals surface area contributed by atoms with Gasteiger partial charge < -0.3 is 5.11 Å². The Balaban J connectivity index is 2.14. The van der Waals surface area contributed by atoms with Gasteiger partial charge in [0.2, 0.25) is 0 Å². The summed E-state index contributed by atoms with van der Waals surface area (Å²) >= 11 is 13.5. The van der Waals surface area contributed by atoms with E-state index in [-0.39, 0.29) is 0 Å². The number of hydrogen-bond donors (Lipinski definition) is 1. The highest BCUT2D eigenvalue weighted by Crippen LogP contribution is 2.37. The minimum atomic E-state index is -0.442. The normalized spacial score (nSPS) is 13.0. The minimum absolute atomic E-state index is 0.442. The van der Waals surface area contributed by atoms with Gasteiger partial charge in [-0.3, -0.25) is 0 Å². The van der Waals surface area contributed by atoms with E-state index in [9.17, 15) is 5.11 Å². The number of aliphatic hydroxyl groups is 1. The summed E-state index contributed by atoms with van der Waals surface area (Å²) in [6.07, 6.45) is 0.208. The standard InChI is InChI=1S/C10H7Br3OS2/c11-5-1-2-15-8(5)4-7(14)9-3-6(12)10(13)16-9/h1-3,7,14H,4H2. The highest BCUT2D eigenvalue weighted by molar-refractivity contribution is 9.13. The van der Waals surface area contributed by atoms with Crippen LogP contribution >= 0.6 is 70.5 Å². The van der Waals surface area contributed by atoms with Crippen LogP contribution in [0, 0.1) is 0 Å². The summed E-state index contributed by atoms with van der Waals surface area (Å²) in [5.74, 6) is 0. The van der Waals surface area contributed by atoms with Crippen LogP contribution in [0.5, 0.6) is 0 Å². The Morgan fingerprint density at radius 3 is 2.50 bits per heavy atom. The summed E-state index contributed by atoms with van der Waals surface area (Å²) in [6, 6.07) is 3.97. The smallest absolute Gasteiger partial charge is 0.0931 e. The van der Waals surface area contributed by atoms with Crippen molar-refractivity contribution in [2.24, 2.45) is 0 Å². The minimum Gasteiger partial charge on any atom is -0.387 e. The van der Waals surface area contributed by atoms with Crippen molar-refractivity contribution in [1.29, 1.82) is 0 Å². The van der Waals surface area contributed by atoms with E-state index in [1.165, 1.54) is 4.88 Å². The van der Waals surface area contributed by atoms with E-state index in [1.807, 2.05) is 17.5 Å². The van der Waals surface area contributed by atoms with Crippen molar-refractivity contribution in [2.75, 3.05) is 0 Å². The molecule has 1 nitrogen and oxygen atoms in total. The van der Waals surface area contributed by atoms with Gasteiger partial charge in [0.15, 0.2) is 0 Å². The third-order valence-electron chi connectivity index (χ3n) is 2.06. The van der Waals surface area contributed by atoms with Gasteiger partial charge in [0.25, 0.3) is 0 Å². The molecule has 2 aromatic heterocycles. The molecule has 0 saturated carbocycles. The Kier molecular flexibility index (Phi) is 4.66. The fourth-order valence-electron chi connectivity index (χ4n) is 1.27. The van der Waals surface area contributed by atoms with Crippen LogP contribution in [0.4, 0.5) is 0 Å². The number of rotatable bonds is 3. The number of halogens is 3. The molecule has 0 aliphatic rings. The average molecular weight is 447 g/mol. The lowest BCUT2D eigenvalue weighted by Crippen LogP contribution is -1.98. The molecule has 2 aromatic rings. The molecule has 1 unspecified atom stereocenters. The summed E-state index contributed by atoms with van der Waals surface area (Å²) in [5.41, 5.74) is 0. The lowest BCUT2D eigenvalue weighted by molar-refractivity contribution is 0.183. The summed E-state index contributed by atoms with van der Waals surface area (Å²) in [7, 11) is 0. The van der Waals surface area contributed by atoms with Gasteiger partial charge in [0.05, 0.1) is 9.89 Å². The first-order chi connectivity index (χ1) is 7.58. The van der Waals surface area contributed by atoms with Gasteiger partial charge in [-0.15, -0.1) is 22.7 Å². The molecule has 0 aromatic carbocycles. The monoisotopic (exact) mass is 444 g/mol. The topological polar surface area (TPSA) is 20.2 Å². The fraction of sp³-hybridized carbons (Fsp3) is 0.200. The third-order valence-corrected chi connectivity index (χ3v) is 7.37. The second kappa shape index (κ2) is 5.63. The zero-order valence-corrected chi connectivity index (χ0v) is 14.3. The lowest BCUT2D eigenvalue weighted by atomic mass is 10.2. The zero-order valence-electron chi connectivity index (χ0n) is 7.91. The van der Waals surface area contributed by atoms with Gasteiger partial charge in [-0.1, -0.05) is 0 Å². The fourth-order valence-corrected chi connectivity index (χ4v) is 4.90. The molecule has 0 radical (unpaired) electrons. The Morgan fingerprint density at radius 2 is 2.00 bits per heavy atom. The third kappa shape index (κ3) is 2.97. The van der Waals surface area contributed by atoms with Gasteiger partial charge in [0, 0.05) is 25.1 Å². The molecular weight excluding hydrogens is 440 g/mol. The van der Waals surface area contributed by atoms with Crippen molar-refractivity contribution in [3.8, 4) is 0 Å². The van der Waals surface area contributed by atoms with E-state index < -0.39 is 6.10 Å². The maximum Gasteiger partial charge on any atom is 0.0931 e. The molecule has 0 aliphatic carbocycles. The van der Waals surface area contributed by atoms with Gasteiger partial charge in [-0.25, -0.2) is 0 Å². The van der Waals surface area contributed by atoms with Crippen LogP contribution in [0.25, 0.3) is 0 Å². The molecule has 0 spiro atoms. The predicted octanol–water partition coefficient (Wildman–Crippen LogP) is 5.37. The van der Waals surface area contributed by atoms with Crippen molar-refractivity contribution in [1.82, 2.24) is 0 Å². The Morgan fingerprint density at radius 1 is 1.25 bits per heavy atom. The molecule has 0 fully saturated rings.